The van der Waals surface area contributed by atoms with E-state index in [1.165, 1.54) is 11.8 Å². The molecule has 0 bridgehead atoms. The van der Waals surface area contributed by atoms with Gasteiger partial charge in [0.25, 0.3) is 0 Å². The van der Waals surface area contributed by atoms with E-state index in [0.29, 0.717) is 6.54 Å². The first-order valence-electron chi connectivity index (χ1n) is 8.48. The summed E-state index contributed by atoms with van der Waals surface area (Å²) in [6.45, 7) is 5.93. The van der Waals surface area contributed by atoms with Crippen LogP contribution in [0.25, 0.3) is 10.9 Å². The van der Waals surface area contributed by atoms with Crippen LogP contribution in [0.5, 0.6) is 0 Å². The Bertz CT molecular complexity index is 747. The fraction of sp³-hybridized carbons (Fsp3) is 0.500. The van der Waals surface area contributed by atoms with E-state index in [1.54, 1.807) is 19.0 Å². The monoisotopic (exact) mass is 360 g/mol. The number of aromatic nitrogens is 2. The molecular weight excluding hydrogens is 336 g/mol. The molecule has 1 aromatic heterocycles. The summed E-state index contributed by atoms with van der Waals surface area (Å²) in [5.41, 5.74) is 0.924. The lowest BCUT2D eigenvalue weighted by Gasteiger charge is -2.26. The van der Waals surface area contributed by atoms with Crippen molar-refractivity contribution in [3.8, 4) is 0 Å². The Labute approximate surface area is 152 Å². The molecule has 1 atom stereocenters. The smallest absolute Gasteiger partial charge is 0.235 e. The van der Waals surface area contributed by atoms with E-state index in [2.05, 4.69) is 4.90 Å². The summed E-state index contributed by atoms with van der Waals surface area (Å²) in [7, 11) is 3.56. The first kappa shape index (κ1) is 18.1. The van der Waals surface area contributed by atoms with Crippen LogP contribution in [0.15, 0.2) is 29.3 Å². The van der Waals surface area contributed by atoms with Crippen molar-refractivity contribution in [3.05, 3.63) is 30.1 Å². The van der Waals surface area contributed by atoms with Gasteiger partial charge in [-0.15, -0.1) is 0 Å². The van der Waals surface area contributed by atoms with Gasteiger partial charge in [0, 0.05) is 32.6 Å². The average Bonchev–Trinajstić information content (AvgIpc) is 2.61. The molecule has 6 nitrogen and oxygen atoms in total. The average molecular weight is 360 g/mol. The number of rotatable bonds is 5. The van der Waals surface area contributed by atoms with E-state index in [4.69, 9.17) is 14.7 Å². The van der Waals surface area contributed by atoms with Gasteiger partial charge in [0.15, 0.2) is 0 Å². The molecule has 0 aliphatic carbocycles. The zero-order valence-corrected chi connectivity index (χ0v) is 15.8. The lowest BCUT2D eigenvalue weighted by Crippen LogP contribution is -2.36. The number of nitrogens with zero attached hydrogens (tertiary/aromatic N) is 4. The summed E-state index contributed by atoms with van der Waals surface area (Å²) >= 11 is 1.50. The Kier molecular flexibility index (Phi) is 5.88. The van der Waals surface area contributed by atoms with Crippen LogP contribution in [-0.2, 0) is 16.1 Å². The molecule has 3 rings (SSSR count). The molecule has 7 heteroatoms. The normalized spacial score (nSPS) is 16.8. The minimum absolute atomic E-state index is 0.0856. The second-order valence-corrected chi connectivity index (χ2v) is 7.67. The highest BCUT2D eigenvalue weighted by Crippen LogP contribution is 2.29. The number of hydrogen-bond donors (Lipinski definition) is 0. The molecule has 0 radical (unpaired) electrons. The summed E-state index contributed by atoms with van der Waals surface area (Å²) in [6.07, 6.45) is 0. The first-order valence-corrected chi connectivity index (χ1v) is 9.36. The molecule has 1 aliphatic rings. The Balaban J connectivity index is 1.88. The summed E-state index contributed by atoms with van der Waals surface area (Å²) in [5.74, 6) is 0.884. The van der Waals surface area contributed by atoms with Crippen LogP contribution in [0.4, 0.5) is 0 Å². The molecule has 2 aromatic rings. The molecule has 1 fully saturated rings. The Morgan fingerprint density at radius 3 is 2.72 bits per heavy atom. The maximum Gasteiger partial charge on any atom is 0.235 e. The van der Waals surface area contributed by atoms with Crippen LogP contribution in [0.3, 0.4) is 0 Å². The lowest BCUT2D eigenvalue weighted by atomic mass is 10.2. The molecule has 1 unspecified atom stereocenters. The highest BCUT2D eigenvalue weighted by molar-refractivity contribution is 8.00. The van der Waals surface area contributed by atoms with Crippen LogP contribution in [-0.4, -0.2) is 71.3 Å². The molecule has 1 amide bonds. The number of benzene rings is 1. The zero-order valence-electron chi connectivity index (χ0n) is 14.9. The topological polar surface area (TPSA) is 58.6 Å². The number of para-hydroxylation sites is 1. The molecule has 1 aromatic carbocycles. The van der Waals surface area contributed by atoms with Crippen molar-refractivity contribution in [1.29, 1.82) is 0 Å². The van der Waals surface area contributed by atoms with Crippen molar-refractivity contribution in [2.45, 2.75) is 23.7 Å². The van der Waals surface area contributed by atoms with E-state index in [1.807, 2.05) is 31.2 Å². The van der Waals surface area contributed by atoms with E-state index in [-0.39, 0.29) is 11.2 Å². The number of ether oxygens (including phenoxy) is 1. The van der Waals surface area contributed by atoms with Crippen molar-refractivity contribution in [3.63, 3.8) is 0 Å². The van der Waals surface area contributed by atoms with Gasteiger partial charge in [-0.3, -0.25) is 9.69 Å². The maximum absolute atomic E-state index is 12.2. The number of morpholine rings is 1. The number of carbonyl (C=O) groups excluding carboxylic acids is 1. The van der Waals surface area contributed by atoms with Gasteiger partial charge in [-0.1, -0.05) is 30.0 Å². The summed E-state index contributed by atoms with van der Waals surface area (Å²) in [4.78, 5) is 25.6. The Morgan fingerprint density at radius 1 is 1.28 bits per heavy atom. The van der Waals surface area contributed by atoms with Gasteiger partial charge < -0.3 is 9.64 Å². The van der Waals surface area contributed by atoms with E-state index >= 15 is 0 Å². The van der Waals surface area contributed by atoms with Crippen LogP contribution in [0.2, 0.25) is 0 Å². The molecule has 25 heavy (non-hydrogen) atoms. The molecule has 2 heterocycles. The number of thioether (sulfide) groups is 1. The molecule has 1 saturated heterocycles. The first-order chi connectivity index (χ1) is 12.0. The largest absolute Gasteiger partial charge is 0.379 e. The molecule has 1 aliphatic heterocycles. The van der Waals surface area contributed by atoms with Crippen LogP contribution in [0, 0.1) is 0 Å². The van der Waals surface area contributed by atoms with Crippen molar-refractivity contribution in [1.82, 2.24) is 19.8 Å². The Morgan fingerprint density at radius 2 is 2.00 bits per heavy atom. The van der Waals surface area contributed by atoms with E-state index < -0.39 is 0 Å². The van der Waals surface area contributed by atoms with Crippen LogP contribution < -0.4 is 0 Å². The van der Waals surface area contributed by atoms with Crippen molar-refractivity contribution in [2.75, 3.05) is 40.4 Å². The predicted molar refractivity (Wildman–Crippen MR) is 99.6 cm³/mol. The SMILES string of the molecule is CC(Sc1nc(CN2CCOCC2)nc2ccccc12)C(=O)N(C)C. The molecule has 0 N–H and O–H groups in total. The third kappa shape index (κ3) is 4.48. The number of fused-ring (bicyclic) bond motifs is 1. The van der Waals surface area contributed by atoms with E-state index in [0.717, 1.165) is 48.1 Å². The summed E-state index contributed by atoms with van der Waals surface area (Å²) < 4.78 is 5.40. The molecule has 134 valence electrons. The second-order valence-electron chi connectivity index (χ2n) is 6.34. The minimum atomic E-state index is -0.190. The van der Waals surface area contributed by atoms with Crippen molar-refractivity contribution >= 4 is 28.6 Å². The van der Waals surface area contributed by atoms with Gasteiger partial charge in [0.05, 0.1) is 30.5 Å². The number of carbonyl (C=O) groups is 1. The summed E-state index contributed by atoms with van der Waals surface area (Å²) in [6, 6.07) is 7.98. The van der Waals surface area contributed by atoms with Crippen molar-refractivity contribution < 1.29 is 9.53 Å². The van der Waals surface area contributed by atoms with Gasteiger partial charge in [-0.05, 0) is 13.0 Å². The van der Waals surface area contributed by atoms with Crippen molar-refractivity contribution in [2.24, 2.45) is 0 Å². The summed E-state index contributed by atoms with van der Waals surface area (Å²) in [5, 5.41) is 1.68. The molecular formula is C18H24N4O2S. The van der Waals surface area contributed by atoms with E-state index in [9.17, 15) is 4.79 Å². The lowest BCUT2D eigenvalue weighted by molar-refractivity contribution is -0.127. The zero-order chi connectivity index (χ0) is 17.8. The molecule has 0 saturated carbocycles. The number of hydrogen-bond acceptors (Lipinski definition) is 6. The maximum atomic E-state index is 12.2. The quantitative estimate of drug-likeness (QED) is 0.601. The van der Waals surface area contributed by atoms with Gasteiger partial charge >= 0.3 is 0 Å². The fourth-order valence-corrected chi connectivity index (χ4v) is 3.90. The Hall–Kier alpha value is -1.70. The predicted octanol–water partition coefficient (Wildman–Crippen LogP) is 2.03. The van der Waals surface area contributed by atoms with Crippen LogP contribution >= 0.6 is 11.8 Å². The van der Waals surface area contributed by atoms with Gasteiger partial charge in [0.2, 0.25) is 5.91 Å². The number of amides is 1. The molecule has 0 spiro atoms. The third-order valence-corrected chi connectivity index (χ3v) is 5.25. The standard InChI is InChI=1S/C18H24N4O2S/c1-13(18(23)21(2)3)25-17-14-6-4-5-7-15(14)19-16(20-17)12-22-8-10-24-11-9-22/h4-7,13H,8-12H2,1-3H3. The van der Waals surface area contributed by atoms with Gasteiger partial charge in [-0.25, -0.2) is 9.97 Å². The van der Waals surface area contributed by atoms with Gasteiger partial charge in [0.1, 0.15) is 10.9 Å². The second kappa shape index (κ2) is 8.12. The van der Waals surface area contributed by atoms with Crippen LogP contribution in [0.1, 0.15) is 12.7 Å². The third-order valence-electron chi connectivity index (χ3n) is 4.16. The highest BCUT2D eigenvalue weighted by atomic mass is 32.2. The van der Waals surface area contributed by atoms with Gasteiger partial charge in [-0.2, -0.15) is 0 Å². The minimum Gasteiger partial charge on any atom is -0.379 e. The fourth-order valence-electron chi connectivity index (χ4n) is 2.79. The highest BCUT2D eigenvalue weighted by Gasteiger charge is 2.20.